The van der Waals surface area contributed by atoms with E-state index in [9.17, 15) is 9.59 Å². The summed E-state index contributed by atoms with van der Waals surface area (Å²) in [4.78, 5) is 25.9. The van der Waals surface area contributed by atoms with E-state index in [1.54, 1.807) is 32.2 Å². The van der Waals surface area contributed by atoms with Crippen LogP contribution in [0.4, 0.5) is 0 Å². The number of rotatable bonds is 6. The molecule has 1 aromatic carbocycles. The Kier molecular flexibility index (Phi) is 5.33. The predicted octanol–water partition coefficient (Wildman–Crippen LogP) is 2.04. The predicted molar refractivity (Wildman–Crippen MR) is 78.5 cm³/mol. The Morgan fingerprint density at radius 3 is 2.57 bits per heavy atom. The molecule has 114 valence electrons. The highest BCUT2D eigenvalue weighted by Gasteiger charge is 2.20. The molecule has 0 aliphatic carbocycles. The van der Waals surface area contributed by atoms with E-state index in [-0.39, 0.29) is 6.61 Å². The van der Waals surface area contributed by atoms with E-state index in [2.05, 4.69) is 4.90 Å². The molecule has 5 heteroatoms. The van der Waals surface area contributed by atoms with Crippen molar-refractivity contribution in [2.45, 2.75) is 26.3 Å². The van der Waals surface area contributed by atoms with E-state index in [0.29, 0.717) is 5.56 Å². The Morgan fingerprint density at radius 1 is 1.24 bits per heavy atom. The van der Waals surface area contributed by atoms with Gasteiger partial charge in [0, 0.05) is 17.7 Å². The first-order valence-electron chi connectivity index (χ1n) is 7.26. The molecule has 0 saturated carbocycles. The summed E-state index contributed by atoms with van der Waals surface area (Å²) in [7, 11) is 1.61. The number of Topliss-reactive ketones (excluding diaryl/α,β-unsaturated/α-hetero) is 1. The second-order valence-electron chi connectivity index (χ2n) is 5.06. The Balaban J connectivity index is 2.19. The lowest BCUT2D eigenvalue weighted by molar-refractivity contribution is -0.137. The molecule has 1 aliphatic heterocycles. The molecule has 0 bridgehead atoms. The van der Waals surface area contributed by atoms with E-state index in [0.717, 1.165) is 30.9 Å². The third-order valence-corrected chi connectivity index (χ3v) is 3.60. The number of carbonyl (C=O) groups excluding carboxylic acids is 2. The van der Waals surface area contributed by atoms with Crippen molar-refractivity contribution >= 4 is 11.8 Å². The Bertz CT molecular complexity index is 521. The van der Waals surface area contributed by atoms with Crippen molar-refractivity contribution in [2.75, 3.05) is 26.8 Å². The van der Waals surface area contributed by atoms with Gasteiger partial charge < -0.3 is 9.47 Å². The number of hydrogen-bond acceptors (Lipinski definition) is 5. The number of hydrogen-bond donors (Lipinski definition) is 0. The van der Waals surface area contributed by atoms with Crippen LogP contribution >= 0.6 is 0 Å². The number of likely N-dealkylation sites (tertiary alicyclic amines) is 1. The average molecular weight is 291 g/mol. The van der Waals surface area contributed by atoms with Crippen molar-refractivity contribution in [3.8, 4) is 5.75 Å². The quantitative estimate of drug-likeness (QED) is 0.456. The topological polar surface area (TPSA) is 55.8 Å². The van der Waals surface area contributed by atoms with Crippen LogP contribution in [0.5, 0.6) is 5.75 Å². The molecule has 0 radical (unpaired) electrons. The number of methoxy groups -OCH3 is 1. The summed E-state index contributed by atoms with van der Waals surface area (Å²) in [6.45, 7) is 4.71. The van der Waals surface area contributed by atoms with Gasteiger partial charge in [-0.15, -0.1) is 0 Å². The van der Waals surface area contributed by atoms with Crippen LogP contribution in [0.1, 0.15) is 35.7 Å². The van der Waals surface area contributed by atoms with Crippen molar-refractivity contribution in [1.29, 1.82) is 0 Å². The Morgan fingerprint density at radius 2 is 1.95 bits per heavy atom. The molecule has 1 aromatic rings. The maximum atomic E-state index is 12.0. The van der Waals surface area contributed by atoms with E-state index in [1.807, 2.05) is 0 Å². The minimum absolute atomic E-state index is 0.196. The summed E-state index contributed by atoms with van der Waals surface area (Å²) in [5.74, 6) is -0.681. The van der Waals surface area contributed by atoms with Gasteiger partial charge in [0.1, 0.15) is 5.75 Å². The summed E-state index contributed by atoms with van der Waals surface area (Å²) < 4.78 is 10.1. The summed E-state index contributed by atoms with van der Waals surface area (Å²) in [5, 5.41) is 0. The fourth-order valence-electron chi connectivity index (χ4n) is 2.54. The molecule has 0 atom stereocenters. The molecule has 2 rings (SSSR count). The third kappa shape index (κ3) is 3.82. The lowest BCUT2D eigenvalue weighted by atomic mass is 10.1. The second-order valence-corrected chi connectivity index (χ2v) is 5.06. The number of nitrogens with zero attached hydrogens (tertiary/aromatic N) is 1. The first kappa shape index (κ1) is 15.5. The lowest BCUT2D eigenvalue weighted by Gasteiger charge is -2.17. The van der Waals surface area contributed by atoms with Crippen molar-refractivity contribution in [3.05, 3.63) is 29.3 Å². The highest BCUT2D eigenvalue weighted by atomic mass is 16.5. The van der Waals surface area contributed by atoms with Gasteiger partial charge in [0.25, 0.3) is 5.78 Å². The van der Waals surface area contributed by atoms with Crippen LogP contribution in [0.25, 0.3) is 0 Å². The minimum atomic E-state index is -0.810. The maximum absolute atomic E-state index is 12.0. The Labute approximate surface area is 124 Å². The molecular formula is C16H21NO4. The van der Waals surface area contributed by atoms with Gasteiger partial charge >= 0.3 is 5.97 Å². The highest BCUT2D eigenvalue weighted by Crippen LogP contribution is 2.23. The van der Waals surface area contributed by atoms with Gasteiger partial charge in [-0.2, -0.15) is 0 Å². The van der Waals surface area contributed by atoms with Crippen LogP contribution in [-0.4, -0.2) is 43.5 Å². The van der Waals surface area contributed by atoms with Crippen LogP contribution in [0.2, 0.25) is 0 Å². The molecule has 0 N–H and O–H groups in total. The molecule has 1 saturated heterocycles. The Hall–Kier alpha value is -1.88. The van der Waals surface area contributed by atoms with Gasteiger partial charge in [-0.05, 0) is 51.1 Å². The van der Waals surface area contributed by atoms with Crippen LogP contribution in [0.15, 0.2) is 18.2 Å². The number of benzene rings is 1. The van der Waals surface area contributed by atoms with Crippen molar-refractivity contribution < 1.29 is 19.1 Å². The van der Waals surface area contributed by atoms with E-state index < -0.39 is 11.8 Å². The van der Waals surface area contributed by atoms with Gasteiger partial charge in [-0.25, -0.2) is 4.79 Å². The van der Waals surface area contributed by atoms with Gasteiger partial charge in [0.2, 0.25) is 0 Å². The number of esters is 1. The summed E-state index contributed by atoms with van der Waals surface area (Å²) in [5.41, 5.74) is 1.28. The first-order valence-corrected chi connectivity index (χ1v) is 7.26. The monoisotopic (exact) mass is 291 g/mol. The minimum Gasteiger partial charge on any atom is -0.496 e. The zero-order valence-corrected chi connectivity index (χ0v) is 12.6. The number of ketones is 1. The fraction of sp³-hybridized carbons (Fsp3) is 0.500. The van der Waals surface area contributed by atoms with Crippen LogP contribution in [-0.2, 0) is 16.1 Å². The third-order valence-electron chi connectivity index (χ3n) is 3.60. The normalized spacial score (nSPS) is 15.0. The van der Waals surface area contributed by atoms with Crippen molar-refractivity contribution in [2.24, 2.45) is 0 Å². The summed E-state index contributed by atoms with van der Waals surface area (Å²) >= 11 is 0. The molecule has 1 fully saturated rings. The molecule has 1 aliphatic rings. The maximum Gasteiger partial charge on any atom is 0.379 e. The lowest BCUT2D eigenvalue weighted by Crippen LogP contribution is -2.20. The first-order chi connectivity index (χ1) is 10.2. The molecule has 0 unspecified atom stereocenters. The molecule has 0 aromatic heterocycles. The molecule has 21 heavy (non-hydrogen) atoms. The number of carbonyl (C=O) groups is 2. The smallest absolute Gasteiger partial charge is 0.379 e. The van der Waals surface area contributed by atoms with Gasteiger partial charge in [-0.1, -0.05) is 0 Å². The highest BCUT2D eigenvalue weighted by molar-refractivity contribution is 6.40. The zero-order valence-electron chi connectivity index (χ0n) is 12.6. The zero-order chi connectivity index (χ0) is 15.2. The number of ether oxygens (including phenoxy) is 2. The van der Waals surface area contributed by atoms with Gasteiger partial charge in [0.05, 0.1) is 13.7 Å². The molecule has 5 nitrogen and oxygen atoms in total. The van der Waals surface area contributed by atoms with Gasteiger partial charge in [0.15, 0.2) is 0 Å². The van der Waals surface area contributed by atoms with Crippen LogP contribution in [0, 0.1) is 0 Å². The average Bonchev–Trinajstić information content (AvgIpc) is 2.99. The molecule has 1 heterocycles. The summed E-state index contributed by atoms with van der Waals surface area (Å²) in [6, 6.07) is 5.07. The SMILES string of the molecule is CCOC(=O)C(=O)c1ccc(OC)c(CN2CCCC2)c1. The standard InChI is InChI=1S/C16H21NO4/c1-3-21-16(19)15(18)12-6-7-14(20-2)13(10-12)11-17-8-4-5-9-17/h6-7,10H,3-5,8-9,11H2,1-2H3. The van der Waals surface area contributed by atoms with E-state index in [1.165, 1.54) is 12.8 Å². The molecular weight excluding hydrogens is 270 g/mol. The van der Waals surface area contributed by atoms with E-state index in [4.69, 9.17) is 9.47 Å². The van der Waals surface area contributed by atoms with Gasteiger partial charge in [-0.3, -0.25) is 9.69 Å². The molecule has 0 amide bonds. The molecule has 0 spiro atoms. The van der Waals surface area contributed by atoms with E-state index >= 15 is 0 Å². The van der Waals surface area contributed by atoms with Crippen molar-refractivity contribution in [3.63, 3.8) is 0 Å². The van der Waals surface area contributed by atoms with Crippen LogP contribution < -0.4 is 4.74 Å². The summed E-state index contributed by atoms with van der Waals surface area (Å²) in [6.07, 6.45) is 2.40. The largest absolute Gasteiger partial charge is 0.496 e. The van der Waals surface area contributed by atoms with Crippen LogP contribution in [0.3, 0.4) is 0 Å². The second kappa shape index (κ2) is 7.22. The fourth-order valence-corrected chi connectivity index (χ4v) is 2.54. The van der Waals surface area contributed by atoms with Crippen molar-refractivity contribution in [1.82, 2.24) is 4.90 Å².